The lowest BCUT2D eigenvalue weighted by Gasteiger charge is -2.18. The van der Waals surface area contributed by atoms with Gasteiger partial charge in [0.25, 0.3) is 0 Å². The minimum atomic E-state index is 0.337. The molecule has 1 aromatic carbocycles. The molecule has 5 heteroatoms. The van der Waals surface area contributed by atoms with E-state index in [2.05, 4.69) is 5.16 Å². The van der Waals surface area contributed by atoms with Gasteiger partial charge in [-0.15, -0.1) is 0 Å². The number of ether oxygens (including phenoxy) is 2. The molecule has 0 bridgehead atoms. The van der Waals surface area contributed by atoms with Crippen LogP contribution >= 0.6 is 0 Å². The minimum Gasteiger partial charge on any atom is -0.486 e. The number of hydrogen-bond acceptors (Lipinski definition) is 5. The Kier molecular flexibility index (Phi) is 2.59. The van der Waals surface area contributed by atoms with Crippen molar-refractivity contribution in [3.63, 3.8) is 0 Å². The van der Waals surface area contributed by atoms with Crippen molar-refractivity contribution in [3.05, 3.63) is 23.9 Å². The SMILES string of the molecule is CCc1noc(N)c1-c1ccc2c(c1)OCCO2. The van der Waals surface area contributed by atoms with Crippen molar-refractivity contribution >= 4 is 5.88 Å². The quantitative estimate of drug-likeness (QED) is 0.880. The average Bonchev–Trinajstić information content (AvgIpc) is 2.79. The van der Waals surface area contributed by atoms with Crippen molar-refractivity contribution in [2.45, 2.75) is 13.3 Å². The Morgan fingerprint density at radius 2 is 2.00 bits per heavy atom. The van der Waals surface area contributed by atoms with Gasteiger partial charge in [0.2, 0.25) is 5.88 Å². The number of hydrogen-bond donors (Lipinski definition) is 1. The van der Waals surface area contributed by atoms with Crippen LogP contribution in [0.2, 0.25) is 0 Å². The normalized spacial score (nSPS) is 13.6. The summed E-state index contributed by atoms with van der Waals surface area (Å²) in [6, 6.07) is 5.74. The molecule has 0 unspecified atom stereocenters. The monoisotopic (exact) mass is 246 g/mol. The molecule has 0 radical (unpaired) electrons. The maximum absolute atomic E-state index is 5.82. The van der Waals surface area contributed by atoms with E-state index in [0.717, 1.165) is 34.7 Å². The zero-order chi connectivity index (χ0) is 12.5. The van der Waals surface area contributed by atoms with Gasteiger partial charge in [-0.2, -0.15) is 0 Å². The Balaban J connectivity index is 2.09. The van der Waals surface area contributed by atoms with Crippen LogP contribution in [0, 0.1) is 0 Å². The first-order chi connectivity index (χ1) is 8.79. The first kappa shape index (κ1) is 11.0. The summed E-state index contributed by atoms with van der Waals surface area (Å²) in [5.41, 5.74) is 8.46. The molecule has 3 rings (SSSR count). The number of aromatic nitrogens is 1. The van der Waals surface area contributed by atoms with E-state index in [1.165, 1.54) is 0 Å². The van der Waals surface area contributed by atoms with E-state index in [1.54, 1.807) is 0 Å². The number of nitrogens with two attached hydrogens (primary N) is 1. The molecule has 0 atom stereocenters. The molecule has 1 aliphatic rings. The van der Waals surface area contributed by atoms with Crippen LogP contribution in [0.25, 0.3) is 11.1 Å². The molecule has 1 aromatic heterocycles. The lowest BCUT2D eigenvalue weighted by atomic mass is 10.0. The van der Waals surface area contributed by atoms with Gasteiger partial charge in [0.15, 0.2) is 11.5 Å². The second kappa shape index (κ2) is 4.25. The molecule has 2 N–H and O–H groups in total. The summed E-state index contributed by atoms with van der Waals surface area (Å²) in [6.07, 6.45) is 0.768. The lowest BCUT2D eigenvalue weighted by Crippen LogP contribution is -2.15. The van der Waals surface area contributed by atoms with Gasteiger partial charge in [-0.3, -0.25) is 0 Å². The smallest absolute Gasteiger partial charge is 0.230 e. The molecule has 0 saturated heterocycles. The molecular weight excluding hydrogens is 232 g/mol. The van der Waals surface area contributed by atoms with Gasteiger partial charge in [-0.05, 0) is 24.1 Å². The third-order valence-electron chi connectivity index (χ3n) is 2.95. The van der Waals surface area contributed by atoms with E-state index in [4.69, 9.17) is 19.7 Å². The average molecular weight is 246 g/mol. The van der Waals surface area contributed by atoms with Crippen LogP contribution in [0.5, 0.6) is 11.5 Å². The summed E-state index contributed by atoms with van der Waals surface area (Å²) in [4.78, 5) is 0. The molecule has 5 nitrogen and oxygen atoms in total. The van der Waals surface area contributed by atoms with Crippen LogP contribution in [0.3, 0.4) is 0 Å². The van der Waals surface area contributed by atoms with Gasteiger partial charge in [-0.25, -0.2) is 0 Å². The Hall–Kier alpha value is -2.17. The highest BCUT2D eigenvalue weighted by Gasteiger charge is 2.18. The molecule has 0 aliphatic carbocycles. The lowest BCUT2D eigenvalue weighted by molar-refractivity contribution is 0.171. The maximum atomic E-state index is 5.82. The van der Waals surface area contributed by atoms with Crippen LogP contribution in [-0.2, 0) is 6.42 Å². The number of nitrogens with zero attached hydrogens (tertiary/aromatic N) is 1. The highest BCUT2D eigenvalue weighted by atomic mass is 16.6. The van der Waals surface area contributed by atoms with E-state index >= 15 is 0 Å². The summed E-state index contributed by atoms with van der Waals surface area (Å²) >= 11 is 0. The van der Waals surface area contributed by atoms with E-state index in [1.807, 2.05) is 25.1 Å². The van der Waals surface area contributed by atoms with Gasteiger partial charge in [-0.1, -0.05) is 18.1 Å². The first-order valence-electron chi connectivity index (χ1n) is 5.93. The zero-order valence-corrected chi connectivity index (χ0v) is 10.1. The largest absolute Gasteiger partial charge is 0.486 e. The van der Waals surface area contributed by atoms with Crippen LogP contribution in [-0.4, -0.2) is 18.4 Å². The molecule has 0 spiro atoms. The highest BCUT2D eigenvalue weighted by Crippen LogP contribution is 2.37. The van der Waals surface area contributed by atoms with Crippen LogP contribution < -0.4 is 15.2 Å². The van der Waals surface area contributed by atoms with Crippen molar-refractivity contribution in [1.29, 1.82) is 0 Å². The predicted molar refractivity (Wildman–Crippen MR) is 66.7 cm³/mol. The number of fused-ring (bicyclic) bond motifs is 1. The number of rotatable bonds is 2. The van der Waals surface area contributed by atoms with Gasteiger partial charge in [0, 0.05) is 0 Å². The van der Waals surface area contributed by atoms with Crippen LogP contribution in [0.1, 0.15) is 12.6 Å². The Labute approximate surface area is 104 Å². The first-order valence-corrected chi connectivity index (χ1v) is 5.93. The van der Waals surface area contributed by atoms with Crippen molar-refractivity contribution in [2.24, 2.45) is 0 Å². The van der Waals surface area contributed by atoms with Crippen LogP contribution in [0.4, 0.5) is 5.88 Å². The van der Waals surface area contributed by atoms with Crippen molar-refractivity contribution in [1.82, 2.24) is 5.16 Å². The Morgan fingerprint density at radius 1 is 1.22 bits per heavy atom. The predicted octanol–water partition coefficient (Wildman–Crippen LogP) is 2.26. The molecule has 0 saturated carbocycles. The molecule has 2 aromatic rings. The third-order valence-corrected chi connectivity index (χ3v) is 2.95. The highest BCUT2D eigenvalue weighted by molar-refractivity contribution is 5.77. The summed E-state index contributed by atoms with van der Waals surface area (Å²) in [5.74, 6) is 1.84. The second-order valence-electron chi connectivity index (χ2n) is 4.08. The van der Waals surface area contributed by atoms with Crippen molar-refractivity contribution in [2.75, 3.05) is 18.9 Å². The number of anilines is 1. The molecule has 2 heterocycles. The summed E-state index contributed by atoms with van der Waals surface area (Å²) < 4.78 is 16.1. The maximum Gasteiger partial charge on any atom is 0.230 e. The van der Waals surface area contributed by atoms with E-state index in [-0.39, 0.29) is 0 Å². The van der Waals surface area contributed by atoms with Gasteiger partial charge in [0.1, 0.15) is 13.2 Å². The molecule has 1 aliphatic heterocycles. The van der Waals surface area contributed by atoms with Crippen molar-refractivity contribution in [3.8, 4) is 22.6 Å². The Morgan fingerprint density at radius 3 is 2.78 bits per heavy atom. The van der Waals surface area contributed by atoms with Gasteiger partial charge < -0.3 is 19.7 Å². The molecule has 0 fully saturated rings. The third kappa shape index (κ3) is 1.68. The van der Waals surface area contributed by atoms with Gasteiger partial charge in [0.05, 0.1) is 11.3 Å². The van der Waals surface area contributed by atoms with Gasteiger partial charge >= 0.3 is 0 Å². The fourth-order valence-electron chi connectivity index (χ4n) is 2.09. The summed E-state index contributed by atoms with van der Waals surface area (Å²) in [7, 11) is 0. The number of aryl methyl sites for hydroxylation is 1. The Bertz CT molecular complexity index is 578. The topological polar surface area (TPSA) is 70.5 Å². The van der Waals surface area contributed by atoms with Crippen LogP contribution in [0.15, 0.2) is 22.7 Å². The number of nitrogen functional groups attached to an aromatic ring is 1. The summed E-state index contributed by atoms with van der Waals surface area (Å²) in [6.45, 7) is 3.16. The van der Waals surface area contributed by atoms with E-state index in [9.17, 15) is 0 Å². The van der Waals surface area contributed by atoms with E-state index < -0.39 is 0 Å². The van der Waals surface area contributed by atoms with Crippen molar-refractivity contribution < 1.29 is 14.0 Å². The summed E-state index contributed by atoms with van der Waals surface area (Å²) in [5, 5.41) is 3.95. The fourth-order valence-corrected chi connectivity index (χ4v) is 2.09. The zero-order valence-electron chi connectivity index (χ0n) is 10.1. The minimum absolute atomic E-state index is 0.337. The molecule has 0 amide bonds. The standard InChI is InChI=1S/C13H14N2O3/c1-2-9-12(13(14)18-15-9)8-3-4-10-11(7-8)17-6-5-16-10/h3-4,7H,2,5-6,14H2,1H3. The molecule has 18 heavy (non-hydrogen) atoms. The number of benzene rings is 1. The fraction of sp³-hybridized carbons (Fsp3) is 0.308. The van der Waals surface area contributed by atoms with E-state index in [0.29, 0.717) is 19.1 Å². The second-order valence-corrected chi connectivity index (χ2v) is 4.08. The molecule has 94 valence electrons. The molecular formula is C13H14N2O3.